The molecule has 1 heterocycles. The molecular formula is C18H16F3NO5S. The minimum atomic E-state index is -6.19. The summed E-state index contributed by atoms with van der Waals surface area (Å²) in [5.41, 5.74) is -5.40. The van der Waals surface area contributed by atoms with Crippen LogP contribution in [0.4, 0.5) is 13.2 Å². The van der Waals surface area contributed by atoms with E-state index in [1.165, 1.54) is 12.1 Å². The highest BCUT2D eigenvalue weighted by Crippen LogP contribution is 2.35. The number of benzene rings is 2. The fraction of sp³-hybridized carbons (Fsp3) is 0.333. The number of carbonyl (C=O) groups is 2. The zero-order valence-corrected chi connectivity index (χ0v) is 15.7. The molecule has 0 saturated carbocycles. The summed E-state index contributed by atoms with van der Waals surface area (Å²) in [6.07, 6.45) is 1.21. The van der Waals surface area contributed by atoms with Gasteiger partial charge in [-0.25, -0.2) is 0 Å². The normalized spacial score (nSPS) is 16.0. The minimum Gasteiger partial charge on any atom is -0.266 e. The number of carbonyl (C=O) groups excluding carboxylic acids is 2. The van der Waals surface area contributed by atoms with Crippen LogP contribution in [-0.4, -0.2) is 30.8 Å². The van der Waals surface area contributed by atoms with E-state index >= 15 is 0 Å². The van der Waals surface area contributed by atoms with E-state index < -0.39 is 27.4 Å². The number of hydrogen-bond acceptors (Lipinski definition) is 5. The molecule has 1 atom stereocenters. The molecule has 1 aliphatic rings. The Morgan fingerprint density at radius 3 is 2.39 bits per heavy atom. The Morgan fingerprint density at radius 1 is 1.11 bits per heavy atom. The SMILES string of the molecule is CCC(C)Cc1ccc2cccc3c2c1C(=O)N(OS(=O)(=O)C(F)(F)F)C3=O. The molecule has 6 nitrogen and oxygen atoms in total. The lowest BCUT2D eigenvalue weighted by atomic mass is 9.87. The second kappa shape index (κ2) is 6.85. The quantitative estimate of drug-likeness (QED) is 0.548. The Balaban J connectivity index is 2.19. The van der Waals surface area contributed by atoms with Crippen molar-refractivity contribution in [1.82, 2.24) is 5.06 Å². The third-order valence-corrected chi connectivity index (χ3v) is 5.58. The van der Waals surface area contributed by atoms with Gasteiger partial charge in [-0.2, -0.15) is 21.6 Å². The van der Waals surface area contributed by atoms with E-state index in [1.807, 2.05) is 13.8 Å². The highest BCUT2D eigenvalue weighted by molar-refractivity contribution is 7.87. The molecule has 2 aromatic rings. The van der Waals surface area contributed by atoms with Gasteiger partial charge >= 0.3 is 15.6 Å². The van der Waals surface area contributed by atoms with Crippen LogP contribution in [-0.2, 0) is 20.8 Å². The first-order valence-corrected chi connectivity index (χ1v) is 9.83. The van der Waals surface area contributed by atoms with Crippen LogP contribution in [0.2, 0.25) is 0 Å². The summed E-state index contributed by atoms with van der Waals surface area (Å²) < 4.78 is 64.8. The van der Waals surface area contributed by atoms with Gasteiger partial charge in [0, 0.05) is 5.39 Å². The van der Waals surface area contributed by atoms with E-state index in [1.54, 1.807) is 18.2 Å². The first-order valence-electron chi connectivity index (χ1n) is 8.42. The van der Waals surface area contributed by atoms with E-state index in [0.29, 0.717) is 17.4 Å². The number of imide groups is 1. The predicted octanol–water partition coefficient (Wildman–Crippen LogP) is 3.81. The number of hydroxylamine groups is 2. The largest absolute Gasteiger partial charge is 0.525 e. The maximum atomic E-state index is 12.9. The van der Waals surface area contributed by atoms with Crippen molar-refractivity contribution < 1.29 is 35.5 Å². The number of alkyl halides is 3. The molecule has 0 radical (unpaired) electrons. The average Bonchev–Trinajstić information content (AvgIpc) is 2.62. The fourth-order valence-corrected chi connectivity index (χ4v) is 3.46. The highest BCUT2D eigenvalue weighted by atomic mass is 32.2. The van der Waals surface area contributed by atoms with Crippen LogP contribution >= 0.6 is 0 Å². The minimum absolute atomic E-state index is 0.0228. The molecule has 0 saturated heterocycles. The van der Waals surface area contributed by atoms with Crippen molar-refractivity contribution in [1.29, 1.82) is 0 Å². The number of amides is 2. The second-order valence-electron chi connectivity index (χ2n) is 6.60. The molecular weight excluding hydrogens is 399 g/mol. The summed E-state index contributed by atoms with van der Waals surface area (Å²) in [6, 6.07) is 7.81. The third-order valence-electron chi connectivity index (χ3n) is 4.67. The van der Waals surface area contributed by atoms with Gasteiger partial charge in [-0.3, -0.25) is 9.59 Å². The molecule has 2 amide bonds. The highest BCUT2D eigenvalue weighted by Gasteiger charge is 2.51. The van der Waals surface area contributed by atoms with Crippen molar-refractivity contribution in [3.8, 4) is 0 Å². The second-order valence-corrected chi connectivity index (χ2v) is 8.12. The first-order chi connectivity index (χ1) is 13.0. The molecule has 1 aliphatic heterocycles. The van der Waals surface area contributed by atoms with Crippen molar-refractivity contribution in [2.24, 2.45) is 5.92 Å². The van der Waals surface area contributed by atoms with Gasteiger partial charge in [0.1, 0.15) is 0 Å². The maximum absolute atomic E-state index is 12.9. The van der Waals surface area contributed by atoms with Gasteiger partial charge in [0.05, 0.1) is 11.1 Å². The molecule has 1 unspecified atom stereocenters. The molecule has 2 aromatic carbocycles. The molecule has 0 aromatic heterocycles. The van der Waals surface area contributed by atoms with Gasteiger partial charge < -0.3 is 0 Å². The Labute approximate surface area is 159 Å². The van der Waals surface area contributed by atoms with Crippen LogP contribution in [0.3, 0.4) is 0 Å². The summed E-state index contributed by atoms with van der Waals surface area (Å²) in [4.78, 5) is 25.4. The maximum Gasteiger partial charge on any atom is 0.525 e. The molecule has 0 fully saturated rings. The summed E-state index contributed by atoms with van der Waals surface area (Å²) in [6.45, 7) is 3.88. The standard InChI is InChI=1S/C18H16F3NO5S/c1-3-10(2)9-12-8-7-11-5-4-6-13-14(11)15(12)17(24)22(16(13)23)27-28(25,26)18(19,20)21/h4-8,10H,3,9H2,1-2H3. The predicted molar refractivity (Wildman–Crippen MR) is 93.7 cm³/mol. The van der Waals surface area contributed by atoms with Crippen LogP contribution in [0.5, 0.6) is 0 Å². The van der Waals surface area contributed by atoms with Gasteiger partial charge in [0.25, 0.3) is 11.8 Å². The van der Waals surface area contributed by atoms with Crippen LogP contribution in [0.1, 0.15) is 46.5 Å². The van der Waals surface area contributed by atoms with Crippen LogP contribution in [0, 0.1) is 5.92 Å². The van der Waals surface area contributed by atoms with Crippen molar-refractivity contribution in [3.63, 3.8) is 0 Å². The Morgan fingerprint density at radius 2 is 1.79 bits per heavy atom. The number of halogens is 3. The van der Waals surface area contributed by atoms with Crippen molar-refractivity contribution in [3.05, 3.63) is 47.0 Å². The van der Waals surface area contributed by atoms with Gasteiger partial charge in [-0.05, 0) is 29.4 Å². The Bertz CT molecular complexity index is 1080. The van der Waals surface area contributed by atoms with E-state index in [-0.39, 0.29) is 27.5 Å². The summed E-state index contributed by atoms with van der Waals surface area (Å²) >= 11 is 0. The van der Waals surface area contributed by atoms with Crippen LogP contribution < -0.4 is 0 Å². The van der Waals surface area contributed by atoms with Crippen LogP contribution in [0.25, 0.3) is 10.8 Å². The monoisotopic (exact) mass is 415 g/mol. The molecule has 10 heteroatoms. The molecule has 0 spiro atoms. The van der Waals surface area contributed by atoms with E-state index in [9.17, 15) is 31.2 Å². The molecule has 0 N–H and O–H groups in total. The number of hydrogen-bond donors (Lipinski definition) is 0. The molecule has 28 heavy (non-hydrogen) atoms. The first kappa shape index (κ1) is 20.3. The zero-order valence-electron chi connectivity index (χ0n) is 14.9. The number of rotatable bonds is 5. The van der Waals surface area contributed by atoms with Crippen molar-refractivity contribution in [2.45, 2.75) is 32.2 Å². The lowest BCUT2D eigenvalue weighted by Gasteiger charge is -2.27. The van der Waals surface area contributed by atoms with E-state index in [0.717, 1.165) is 6.42 Å². The van der Waals surface area contributed by atoms with Crippen LogP contribution in [0.15, 0.2) is 30.3 Å². The summed E-state index contributed by atoms with van der Waals surface area (Å²) in [5, 5.41) is 0.503. The Hall–Kier alpha value is -2.46. The molecule has 150 valence electrons. The Kier molecular flexibility index (Phi) is 4.96. The topological polar surface area (TPSA) is 80.8 Å². The van der Waals surface area contributed by atoms with E-state index in [2.05, 4.69) is 4.28 Å². The smallest absolute Gasteiger partial charge is 0.266 e. The summed E-state index contributed by atoms with van der Waals surface area (Å²) in [7, 11) is -6.19. The van der Waals surface area contributed by atoms with Gasteiger partial charge in [-0.15, -0.1) is 9.35 Å². The molecule has 0 bridgehead atoms. The molecule has 3 rings (SSSR count). The summed E-state index contributed by atoms with van der Waals surface area (Å²) in [5.74, 6) is -2.35. The zero-order chi connectivity index (χ0) is 20.9. The van der Waals surface area contributed by atoms with E-state index in [4.69, 9.17) is 0 Å². The van der Waals surface area contributed by atoms with Gasteiger partial charge in [-0.1, -0.05) is 44.5 Å². The number of nitrogens with zero attached hydrogens (tertiary/aromatic N) is 1. The van der Waals surface area contributed by atoms with Gasteiger partial charge in [0.15, 0.2) is 0 Å². The van der Waals surface area contributed by atoms with Crippen molar-refractivity contribution in [2.75, 3.05) is 0 Å². The lowest BCUT2D eigenvalue weighted by Crippen LogP contribution is -2.44. The fourth-order valence-electron chi connectivity index (χ4n) is 3.05. The molecule has 0 aliphatic carbocycles. The average molecular weight is 415 g/mol. The van der Waals surface area contributed by atoms with Gasteiger partial charge in [0.2, 0.25) is 0 Å². The van der Waals surface area contributed by atoms with Crippen molar-refractivity contribution >= 4 is 32.7 Å². The third kappa shape index (κ3) is 3.26. The lowest BCUT2D eigenvalue weighted by molar-refractivity contribution is -0.0761.